The minimum Gasteiger partial charge on any atom is -0.291 e. The van der Waals surface area contributed by atoms with Crippen LogP contribution in [0.5, 0.6) is 0 Å². The Kier molecular flexibility index (Phi) is 4.93. The number of hydrogen-bond acceptors (Lipinski definition) is 1. The second-order valence-corrected chi connectivity index (χ2v) is 2.39. The van der Waals surface area contributed by atoms with Crippen molar-refractivity contribution in [2.75, 3.05) is 0 Å². The molecule has 0 amide bonds. The van der Waals surface area contributed by atoms with E-state index in [4.69, 9.17) is 0 Å². The number of ketones is 1. The fourth-order valence-electron chi connectivity index (χ4n) is 0.620. The summed E-state index contributed by atoms with van der Waals surface area (Å²) in [5, 5.41) is 0. The molecule has 2 heteroatoms. The summed E-state index contributed by atoms with van der Waals surface area (Å²) in [4.78, 5) is 10.9. The van der Waals surface area contributed by atoms with Gasteiger partial charge in [-0.15, -0.1) is 0 Å². The summed E-state index contributed by atoms with van der Waals surface area (Å²) in [5.41, 5.74) is 0.197. The van der Waals surface area contributed by atoms with Gasteiger partial charge in [0, 0.05) is 5.57 Å². The summed E-state index contributed by atoms with van der Waals surface area (Å²) >= 11 is 0. The molecule has 0 saturated heterocycles. The van der Waals surface area contributed by atoms with E-state index in [1.54, 1.807) is 12.2 Å². The van der Waals surface area contributed by atoms with E-state index in [-0.39, 0.29) is 5.57 Å². The minimum atomic E-state index is -1.47. The molecule has 0 saturated carbocycles. The molecule has 0 aliphatic carbocycles. The number of rotatable bonds is 4. The number of carbonyl (C=O) groups is 1. The number of alkyl halides is 1. The van der Waals surface area contributed by atoms with Crippen LogP contribution < -0.4 is 0 Å². The molecule has 0 rings (SSSR count). The third-order valence-corrected chi connectivity index (χ3v) is 1.28. The lowest BCUT2D eigenvalue weighted by Crippen LogP contribution is -2.11. The van der Waals surface area contributed by atoms with Crippen LogP contribution in [-0.2, 0) is 4.79 Å². The van der Waals surface area contributed by atoms with E-state index in [9.17, 15) is 9.18 Å². The molecule has 0 aliphatic rings. The molecule has 0 aliphatic heterocycles. The molecule has 66 valence electrons. The number of hydrogen-bond donors (Lipinski definition) is 0. The van der Waals surface area contributed by atoms with Crippen LogP contribution in [0, 0.1) is 0 Å². The van der Waals surface area contributed by atoms with E-state index in [1.165, 1.54) is 13.0 Å². The van der Waals surface area contributed by atoms with Crippen LogP contribution >= 0.6 is 0 Å². The summed E-state index contributed by atoms with van der Waals surface area (Å²) in [5.74, 6) is -0.559. The quantitative estimate of drug-likeness (QED) is 0.466. The van der Waals surface area contributed by atoms with Gasteiger partial charge < -0.3 is 0 Å². The highest BCUT2D eigenvalue weighted by atomic mass is 19.1. The normalized spacial score (nSPS) is 13.9. The van der Waals surface area contributed by atoms with Crippen molar-refractivity contribution in [3.63, 3.8) is 0 Å². The average molecular weight is 168 g/mol. The van der Waals surface area contributed by atoms with Crippen LogP contribution in [0.2, 0.25) is 0 Å². The molecular formula is C10H13FO. The summed E-state index contributed by atoms with van der Waals surface area (Å²) < 4.78 is 12.4. The number of carbonyl (C=O) groups excluding carboxylic acids is 1. The van der Waals surface area contributed by atoms with E-state index >= 15 is 0 Å². The van der Waals surface area contributed by atoms with Gasteiger partial charge in [-0.1, -0.05) is 30.9 Å². The third-order valence-electron chi connectivity index (χ3n) is 1.28. The van der Waals surface area contributed by atoms with Gasteiger partial charge >= 0.3 is 0 Å². The molecule has 0 radical (unpaired) electrons. The van der Waals surface area contributed by atoms with Crippen LogP contribution in [0.3, 0.4) is 0 Å². The van der Waals surface area contributed by atoms with Gasteiger partial charge in [-0.2, -0.15) is 0 Å². The highest BCUT2D eigenvalue weighted by molar-refractivity contribution is 6.00. The lowest BCUT2D eigenvalue weighted by molar-refractivity contribution is -0.119. The zero-order valence-electron chi connectivity index (χ0n) is 7.38. The van der Waals surface area contributed by atoms with Gasteiger partial charge in [-0.05, 0) is 13.8 Å². The Hall–Kier alpha value is -1.18. The Balaban J connectivity index is 4.14. The van der Waals surface area contributed by atoms with Gasteiger partial charge in [0.25, 0.3) is 0 Å². The predicted octanol–water partition coefficient (Wildman–Crippen LogP) is 2.60. The van der Waals surface area contributed by atoms with Crippen LogP contribution in [-0.4, -0.2) is 12.0 Å². The number of Topliss-reactive ketones (excluding diaryl/α,β-unsaturated/α-hetero) is 1. The van der Waals surface area contributed by atoms with E-state index in [0.29, 0.717) is 0 Å². The van der Waals surface area contributed by atoms with Gasteiger partial charge in [0.15, 0.2) is 12.0 Å². The fourth-order valence-corrected chi connectivity index (χ4v) is 0.620. The third kappa shape index (κ3) is 3.86. The van der Waals surface area contributed by atoms with Crippen molar-refractivity contribution in [3.05, 3.63) is 36.5 Å². The summed E-state index contributed by atoms with van der Waals surface area (Å²) in [6.45, 7) is 6.50. The van der Waals surface area contributed by atoms with Gasteiger partial charge in [0.05, 0.1) is 0 Å². The Labute approximate surface area is 72.3 Å². The van der Waals surface area contributed by atoms with Crippen LogP contribution in [0.15, 0.2) is 36.5 Å². The molecule has 12 heavy (non-hydrogen) atoms. The first-order valence-corrected chi connectivity index (χ1v) is 3.76. The first-order valence-electron chi connectivity index (χ1n) is 3.76. The Morgan fingerprint density at radius 3 is 2.50 bits per heavy atom. The Morgan fingerprint density at radius 1 is 1.50 bits per heavy atom. The SMILES string of the molecule is C=C(/C=C\C=C/C)C(=O)C(C)F. The van der Waals surface area contributed by atoms with E-state index in [2.05, 4.69) is 6.58 Å². The monoisotopic (exact) mass is 168 g/mol. The molecule has 0 aromatic carbocycles. The van der Waals surface area contributed by atoms with Crippen molar-refractivity contribution >= 4 is 5.78 Å². The first-order chi connectivity index (χ1) is 5.59. The van der Waals surface area contributed by atoms with Gasteiger partial charge in [0.2, 0.25) is 0 Å². The number of allylic oxidation sites excluding steroid dienone is 5. The molecule has 0 bridgehead atoms. The largest absolute Gasteiger partial charge is 0.291 e. The fraction of sp³-hybridized carbons (Fsp3) is 0.300. The van der Waals surface area contributed by atoms with Crippen molar-refractivity contribution in [1.82, 2.24) is 0 Å². The Morgan fingerprint density at radius 2 is 2.08 bits per heavy atom. The highest BCUT2D eigenvalue weighted by Crippen LogP contribution is 2.02. The highest BCUT2D eigenvalue weighted by Gasteiger charge is 2.11. The van der Waals surface area contributed by atoms with Crippen LogP contribution in [0.25, 0.3) is 0 Å². The summed E-state index contributed by atoms with van der Waals surface area (Å²) in [6, 6.07) is 0. The van der Waals surface area contributed by atoms with Gasteiger partial charge in [-0.3, -0.25) is 4.79 Å². The van der Waals surface area contributed by atoms with Gasteiger partial charge in [0.1, 0.15) is 0 Å². The Bertz CT molecular complexity index is 224. The average Bonchev–Trinajstić information content (AvgIpc) is 2.03. The molecule has 1 unspecified atom stereocenters. The van der Waals surface area contributed by atoms with Crippen molar-refractivity contribution in [3.8, 4) is 0 Å². The lowest BCUT2D eigenvalue weighted by Gasteiger charge is -1.98. The van der Waals surface area contributed by atoms with Gasteiger partial charge in [-0.25, -0.2) is 4.39 Å². The molecule has 0 aromatic heterocycles. The molecule has 1 nitrogen and oxygen atoms in total. The maximum Gasteiger partial charge on any atom is 0.195 e. The van der Waals surface area contributed by atoms with Crippen molar-refractivity contribution < 1.29 is 9.18 Å². The zero-order chi connectivity index (χ0) is 9.56. The van der Waals surface area contributed by atoms with Crippen molar-refractivity contribution in [2.45, 2.75) is 20.0 Å². The molecule has 0 aromatic rings. The smallest absolute Gasteiger partial charge is 0.195 e. The van der Waals surface area contributed by atoms with Crippen LogP contribution in [0.1, 0.15) is 13.8 Å². The van der Waals surface area contributed by atoms with Crippen molar-refractivity contribution in [1.29, 1.82) is 0 Å². The summed E-state index contributed by atoms with van der Waals surface area (Å²) in [6.07, 6.45) is 5.25. The first kappa shape index (κ1) is 10.8. The number of halogens is 1. The molecular weight excluding hydrogens is 155 g/mol. The maximum atomic E-state index is 12.4. The summed E-state index contributed by atoms with van der Waals surface area (Å²) in [7, 11) is 0. The standard InChI is InChI=1S/C10H13FO/c1-4-5-6-7-8(2)10(12)9(3)11/h4-7,9H,2H2,1,3H3/b5-4-,7-6-. The molecule has 1 atom stereocenters. The maximum absolute atomic E-state index is 12.4. The lowest BCUT2D eigenvalue weighted by atomic mass is 10.1. The predicted molar refractivity (Wildman–Crippen MR) is 48.7 cm³/mol. The van der Waals surface area contributed by atoms with E-state index < -0.39 is 12.0 Å². The second kappa shape index (κ2) is 5.47. The minimum absolute atomic E-state index is 0.197. The van der Waals surface area contributed by atoms with E-state index in [0.717, 1.165) is 0 Å². The van der Waals surface area contributed by atoms with E-state index in [1.807, 2.05) is 13.0 Å². The molecule has 0 heterocycles. The molecule has 0 spiro atoms. The topological polar surface area (TPSA) is 17.1 Å². The second-order valence-electron chi connectivity index (χ2n) is 2.39. The molecule has 0 fully saturated rings. The van der Waals surface area contributed by atoms with Crippen LogP contribution in [0.4, 0.5) is 4.39 Å². The van der Waals surface area contributed by atoms with Crippen molar-refractivity contribution in [2.24, 2.45) is 0 Å². The molecule has 0 N–H and O–H groups in total. The zero-order valence-corrected chi connectivity index (χ0v) is 7.38.